The summed E-state index contributed by atoms with van der Waals surface area (Å²) in [5, 5.41) is 3.94. The Labute approximate surface area is 99.3 Å². The third-order valence-electron chi connectivity index (χ3n) is 2.14. The van der Waals surface area contributed by atoms with Crippen molar-refractivity contribution in [2.24, 2.45) is 0 Å². The van der Waals surface area contributed by atoms with Crippen molar-refractivity contribution in [1.29, 1.82) is 0 Å². The smallest absolute Gasteiger partial charge is 0.0615 e. The molecular weight excluding hydrogens is 222 g/mol. The second kappa shape index (κ2) is 4.86. The van der Waals surface area contributed by atoms with Gasteiger partial charge in [-0.3, -0.25) is 4.98 Å². The molecule has 0 fully saturated rings. The van der Waals surface area contributed by atoms with E-state index in [-0.39, 0.29) is 0 Å². The number of hydrogen-bond acceptors (Lipinski definition) is 3. The van der Waals surface area contributed by atoms with Gasteiger partial charge in [-0.05, 0) is 30.3 Å². The lowest BCUT2D eigenvalue weighted by Crippen LogP contribution is -2.02. The zero-order chi connectivity index (χ0) is 11.4. The zero-order valence-corrected chi connectivity index (χ0v) is 9.41. The summed E-state index contributed by atoms with van der Waals surface area (Å²) in [5.41, 5.74) is 8.26. The first-order valence-corrected chi connectivity index (χ1v) is 5.32. The van der Waals surface area contributed by atoms with E-state index in [2.05, 4.69) is 10.3 Å². The van der Waals surface area contributed by atoms with Crippen LogP contribution in [0.2, 0.25) is 5.02 Å². The number of nitrogens with zero attached hydrogens (tertiary/aromatic N) is 1. The Kier molecular flexibility index (Phi) is 3.27. The minimum Gasteiger partial charge on any atom is -0.399 e. The first-order valence-electron chi connectivity index (χ1n) is 4.94. The zero-order valence-electron chi connectivity index (χ0n) is 8.65. The Morgan fingerprint density at radius 3 is 2.88 bits per heavy atom. The van der Waals surface area contributed by atoms with Crippen molar-refractivity contribution in [3.05, 3.63) is 53.3 Å². The molecule has 0 unspecified atom stereocenters. The molecule has 1 heterocycles. The number of hydrogen-bond donors (Lipinski definition) is 2. The van der Waals surface area contributed by atoms with Gasteiger partial charge in [-0.2, -0.15) is 0 Å². The van der Waals surface area contributed by atoms with E-state index in [1.165, 1.54) is 0 Å². The highest BCUT2D eigenvalue weighted by atomic mass is 35.5. The second-order valence-corrected chi connectivity index (χ2v) is 3.88. The van der Waals surface area contributed by atoms with Crippen LogP contribution in [0.15, 0.2) is 42.6 Å². The normalized spacial score (nSPS) is 10.1. The number of anilines is 2. The summed E-state index contributed by atoms with van der Waals surface area (Å²) >= 11 is 5.88. The van der Waals surface area contributed by atoms with Crippen molar-refractivity contribution in [3.8, 4) is 0 Å². The molecule has 1 aromatic carbocycles. The molecule has 0 saturated heterocycles. The molecule has 3 nitrogen and oxygen atoms in total. The van der Waals surface area contributed by atoms with Crippen LogP contribution in [0.1, 0.15) is 5.69 Å². The van der Waals surface area contributed by atoms with Crippen molar-refractivity contribution in [2.45, 2.75) is 6.54 Å². The van der Waals surface area contributed by atoms with Crippen LogP contribution >= 0.6 is 11.6 Å². The number of pyridine rings is 1. The van der Waals surface area contributed by atoms with Gasteiger partial charge in [-0.1, -0.05) is 17.7 Å². The van der Waals surface area contributed by atoms with Gasteiger partial charge in [-0.25, -0.2) is 0 Å². The molecule has 1 aromatic heterocycles. The first kappa shape index (κ1) is 10.8. The maximum absolute atomic E-state index is 5.88. The summed E-state index contributed by atoms with van der Waals surface area (Å²) in [6.07, 6.45) is 1.70. The number of rotatable bonds is 3. The van der Waals surface area contributed by atoms with Gasteiger partial charge in [0, 0.05) is 22.6 Å². The lowest BCUT2D eigenvalue weighted by molar-refractivity contribution is 1.05. The Balaban J connectivity index is 2.02. The minimum absolute atomic E-state index is 0.630. The van der Waals surface area contributed by atoms with Gasteiger partial charge < -0.3 is 11.1 Å². The highest BCUT2D eigenvalue weighted by molar-refractivity contribution is 6.30. The molecule has 4 heteroatoms. The molecule has 2 aromatic rings. The molecule has 16 heavy (non-hydrogen) atoms. The molecule has 0 spiro atoms. The molecule has 0 amide bonds. The summed E-state index contributed by atoms with van der Waals surface area (Å²) in [7, 11) is 0. The Morgan fingerprint density at radius 2 is 2.12 bits per heavy atom. The van der Waals surface area contributed by atoms with Gasteiger partial charge in [0.2, 0.25) is 0 Å². The third kappa shape index (κ3) is 2.87. The van der Waals surface area contributed by atoms with Crippen molar-refractivity contribution in [1.82, 2.24) is 4.98 Å². The van der Waals surface area contributed by atoms with Crippen molar-refractivity contribution < 1.29 is 0 Å². The highest BCUT2D eigenvalue weighted by Gasteiger charge is 1.96. The van der Waals surface area contributed by atoms with Crippen molar-refractivity contribution in [2.75, 3.05) is 11.1 Å². The van der Waals surface area contributed by atoms with E-state index in [0.29, 0.717) is 11.6 Å². The molecule has 0 bridgehead atoms. The van der Waals surface area contributed by atoms with E-state index in [1.54, 1.807) is 12.3 Å². The molecule has 82 valence electrons. The average Bonchev–Trinajstić information content (AvgIpc) is 2.27. The van der Waals surface area contributed by atoms with Gasteiger partial charge in [-0.15, -0.1) is 0 Å². The van der Waals surface area contributed by atoms with E-state index in [9.17, 15) is 0 Å². The fourth-order valence-electron chi connectivity index (χ4n) is 1.38. The van der Waals surface area contributed by atoms with Crippen LogP contribution in [-0.2, 0) is 6.54 Å². The third-order valence-corrected chi connectivity index (χ3v) is 2.37. The van der Waals surface area contributed by atoms with E-state index in [1.807, 2.05) is 30.3 Å². The molecule has 0 aliphatic carbocycles. The van der Waals surface area contributed by atoms with Gasteiger partial charge in [0.25, 0.3) is 0 Å². The largest absolute Gasteiger partial charge is 0.399 e. The van der Waals surface area contributed by atoms with Crippen LogP contribution in [0.25, 0.3) is 0 Å². The van der Waals surface area contributed by atoms with E-state index in [0.717, 1.165) is 17.1 Å². The standard InChI is InChI=1S/C12H12ClN3/c13-9-2-1-3-11(6-9)16-8-12-7-10(14)4-5-15-12/h1-7,16H,8H2,(H2,14,15). The average molecular weight is 234 g/mol. The Hall–Kier alpha value is -1.74. The summed E-state index contributed by atoms with van der Waals surface area (Å²) in [4.78, 5) is 4.20. The first-order chi connectivity index (χ1) is 7.74. The summed E-state index contributed by atoms with van der Waals surface area (Å²) in [6.45, 7) is 0.630. The van der Waals surface area contributed by atoms with Crippen LogP contribution in [-0.4, -0.2) is 4.98 Å². The molecule has 2 rings (SSSR count). The summed E-state index contributed by atoms with van der Waals surface area (Å²) in [5.74, 6) is 0. The Morgan fingerprint density at radius 1 is 1.25 bits per heavy atom. The fraction of sp³-hybridized carbons (Fsp3) is 0.0833. The number of aromatic nitrogens is 1. The molecular formula is C12H12ClN3. The second-order valence-electron chi connectivity index (χ2n) is 3.44. The summed E-state index contributed by atoms with van der Waals surface area (Å²) < 4.78 is 0. The SMILES string of the molecule is Nc1ccnc(CNc2cccc(Cl)c2)c1. The van der Waals surface area contributed by atoms with E-state index < -0.39 is 0 Å². The molecule has 0 atom stereocenters. The van der Waals surface area contributed by atoms with Crippen LogP contribution in [0.5, 0.6) is 0 Å². The van der Waals surface area contributed by atoms with E-state index in [4.69, 9.17) is 17.3 Å². The number of nitrogens with one attached hydrogen (secondary N) is 1. The van der Waals surface area contributed by atoms with Crippen molar-refractivity contribution in [3.63, 3.8) is 0 Å². The minimum atomic E-state index is 0.630. The molecule has 0 radical (unpaired) electrons. The van der Waals surface area contributed by atoms with Gasteiger partial charge in [0.05, 0.1) is 12.2 Å². The lowest BCUT2D eigenvalue weighted by atomic mass is 10.3. The van der Waals surface area contributed by atoms with Crippen molar-refractivity contribution >= 4 is 23.0 Å². The topological polar surface area (TPSA) is 50.9 Å². The maximum Gasteiger partial charge on any atom is 0.0615 e. The van der Waals surface area contributed by atoms with Crippen LogP contribution in [0, 0.1) is 0 Å². The monoisotopic (exact) mass is 233 g/mol. The number of nitrogen functional groups attached to an aromatic ring is 1. The van der Waals surface area contributed by atoms with Gasteiger partial charge >= 0.3 is 0 Å². The van der Waals surface area contributed by atoms with Crippen LogP contribution in [0.4, 0.5) is 11.4 Å². The highest BCUT2D eigenvalue weighted by Crippen LogP contribution is 2.15. The van der Waals surface area contributed by atoms with Crippen LogP contribution < -0.4 is 11.1 Å². The lowest BCUT2D eigenvalue weighted by Gasteiger charge is -2.06. The fourth-order valence-corrected chi connectivity index (χ4v) is 1.57. The molecule has 0 aliphatic heterocycles. The quantitative estimate of drug-likeness (QED) is 0.857. The molecule has 0 aliphatic rings. The predicted octanol–water partition coefficient (Wildman–Crippen LogP) is 2.93. The number of nitrogens with two attached hydrogens (primary N) is 1. The number of halogens is 1. The van der Waals surface area contributed by atoms with E-state index >= 15 is 0 Å². The predicted molar refractivity (Wildman–Crippen MR) is 67.4 cm³/mol. The molecule has 0 saturated carbocycles. The van der Waals surface area contributed by atoms with Gasteiger partial charge in [0.1, 0.15) is 0 Å². The number of benzene rings is 1. The maximum atomic E-state index is 5.88. The molecule has 3 N–H and O–H groups in total. The Bertz CT molecular complexity index is 440. The summed E-state index contributed by atoms with van der Waals surface area (Å²) in [6, 6.07) is 11.2. The van der Waals surface area contributed by atoms with Crippen LogP contribution in [0.3, 0.4) is 0 Å². The van der Waals surface area contributed by atoms with Gasteiger partial charge in [0.15, 0.2) is 0 Å².